The van der Waals surface area contributed by atoms with Gasteiger partial charge < -0.3 is 20.1 Å². The Kier molecular flexibility index (Phi) is 5.94. The number of ether oxygens (including phenoxy) is 1. The van der Waals surface area contributed by atoms with Gasteiger partial charge in [0.05, 0.1) is 24.9 Å². The maximum Gasteiger partial charge on any atom is 0.250 e. The van der Waals surface area contributed by atoms with Crippen molar-refractivity contribution >= 4 is 5.82 Å². The third kappa shape index (κ3) is 4.37. The maximum absolute atomic E-state index is 15.8. The van der Waals surface area contributed by atoms with Crippen LogP contribution in [-0.4, -0.2) is 62.2 Å². The van der Waals surface area contributed by atoms with Crippen molar-refractivity contribution in [1.29, 1.82) is 0 Å². The van der Waals surface area contributed by atoms with Gasteiger partial charge in [0.1, 0.15) is 11.9 Å². The second kappa shape index (κ2) is 9.16. The summed E-state index contributed by atoms with van der Waals surface area (Å²) < 4.78 is 34.8. The molecule has 2 aromatic heterocycles. The molecule has 2 aliphatic heterocycles. The molecule has 8 nitrogen and oxygen atoms in total. The molecule has 10 heteroatoms. The standard InChI is InChI=1S/C27H30F2N6O2/c1-27-9-3-4-17(32-27)12-21(24(27)29)35(18-6-7-18)23-14-30-25(34-33-23)19-8-5-15(11-22(19)36)16-10-20(28)26(37-2)31-13-16/h5,8,10-11,13-14,17-18,21,24,32,36H,3-4,6-7,9,12H2,1-2H3/t17-,21-,24-,27+/m0/s1. The predicted molar refractivity (Wildman–Crippen MR) is 135 cm³/mol. The summed E-state index contributed by atoms with van der Waals surface area (Å²) in [6.07, 6.45) is 7.78. The normalized spacial score (nSPS) is 27.1. The summed E-state index contributed by atoms with van der Waals surface area (Å²) in [5.41, 5.74) is 0.958. The van der Waals surface area contributed by atoms with Crippen LogP contribution in [0.3, 0.4) is 0 Å². The fourth-order valence-corrected chi connectivity index (χ4v) is 5.94. The van der Waals surface area contributed by atoms with Crippen LogP contribution in [0.1, 0.15) is 45.4 Å². The monoisotopic (exact) mass is 508 g/mol. The van der Waals surface area contributed by atoms with Crippen molar-refractivity contribution in [2.75, 3.05) is 12.0 Å². The Balaban J connectivity index is 1.26. The molecular formula is C27H30F2N6O2. The van der Waals surface area contributed by atoms with E-state index in [2.05, 4.69) is 30.4 Å². The minimum absolute atomic E-state index is 0.0646. The first kappa shape index (κ1) is 24.0. The van der Waals surface area contributed by atoms with Crippen LogP contribution in [0.25, 0.3) is 22.5 Å². The minimum Gasteiger partial charge on any atom is -0.507 e. The van der Waals surface area contributed by atoms with E-state index in [1.165, 1.54) is 25.4 Å². The molecule has 2 N–H and O–H groups in total. The Hall–Kier alpha value is -3.40. The lowest BCUT2D eigenvalue weighted by Crippen LogP contribution is -2.69. The highest BCUT2D eigenvalue weighted by atomic mass is 19.1. The number of phenols is 1. The van der Waals surface area contributed by atoms with Gasteiger partial charge in [-0.25, -0.2) is 18.7 Å². The van der Waals surface area contributed by atoms with Gasteiger partial charge in [-0.3, -0.25) is 0 Å². The number of nitrogens with zero attached hydrogens (tertiary/aromatic N) is 5. The summed E-state index contributed by atoms with van der Waals surface area (Å²) in [7, 11) is 1.35. The molecule has 6 rings (SSSR count). The lowest BCUT2D eigenvalue weighted by molar-refractivity contribution is 0.0385. The molecule has 2 saturated heterocycles. The van der Waals surface area contributed by atoms with Crippen molar-refractivity contribution in [1.82, 2.24) is 25.5 Å². The number of hydrogen-bond acceptors (Lipinski definition) is 8. The molecule has 194 valence electrons. The topological polar surface area (TPSA) is 96.3 Å². The number of hydrogen-bond donors (Lipinski definition) is 2. The molecule has 2 bridgehead atoms. The van der Waals surface area contributed by atoms with Crippen molar-refractivity contribution in [2.45, 2.75) is 75.3 Å². The van der Waals surface area contributed by atoms with Crippen molar-refractivity contribution in [3.05, 3.63) is 42.5 Å². The van der Waals surface area contributed by atoms with Gasteiger partial charge in [0, 0.05) is 29.4 Å². The first-order valence-electron chi connectivity index (χ1n) is 12.8. The number of methoxy groups -OCH3 is 1. The molecule has 4 atom stereocenters. The first-order valence-corrected chi connectivity index (χ1v) is 12.8. The predicted octanol–water partition coefficient (Wildman–Crippen LogP) is 4.43. The number of alkyl halides is 1. The fraction of sp³-hybridized carbons (Fsp3) is 0.481. The van der Waals surface area contributed by atoms with Crippen LogP contribution < -0.4 is 15.0 Å². The first-order chi connectivity index (χ1) is 17.9. The Bertz CT molecular complexity index is 1300. The van der Waals surface area contributed by atoms with E-state index in [-0.39, 0.29) is 29.5 Å². The Labute approximate surface area is 214 Å². The molecule has 3 fully saturated rings. The molecular weight excluding hydrogens is 478 g/mol. The van der Waals surface area contributed by atoms with Crippen molar-refractivity contribution < 1.29 is 18.6 Å². The van der Waals surface area contributed by atoms with Crippen LogP contribution in [0.2, 0.25) is 0 Å². The third-order valence-electron chi connectivity index (χ3n) is 7.94. The van der Waals surface area contributed by atoms with Gasteiger partial charge >= 0.3 is 0 Å². The highest BCUT2D eigenvalue weighted by Crippen LogP contribution is 2.43. The number of nitrogens with one attached hydrogen (secondary N) is 1. The number of aromatic hydroxyl groups is 1. The number of anilines is 1. The van der Waals surface area contributed by atoms with Gasteiger partial charge in [0.2, 0.25) is 5.88 Å². The average molecular weight is 509 g/mol. The van der Waals surface area contributed by atoms with Crippen LogP contribution in [0.15, 0.2) is 36.7 Å². The van der Waals surface area contributed by atoms with Crippen LogP contribution >= 0.6 is 0 Å². The molecule has 1 saturated carbocycles. The van der Waals surface area contributed by atoms with Gasteiger partial charge in [-0.2, -0.15) is 0 Å². The molecule has 0 radical (unpaired) electrons. The summed E-state index contributed by atoms with van der Waals surface area (Å²) in [4.78, 5) is 10.5. The van der Waals surface area contributed by atoms with Gasteiger partial charge in [-0.1, -0.05) is 6.07 Å². The zero-order chi connectivity index (χ0) is 25.7. The van der Waals surface area contributed by atoms with Crippen LogP contribution in [0.5, 0.6) is 11.6 Å². The highest BCUT2D eigenvalue weighted by Gasteiger charge is 2.52. The zero-order valence-electron chi connectivity index (χ0n) is 20.9. The molecule has 0 unspecified atom stereocenters. The summed E-state index contributed by atoms with van der Waals surface area (Å²) in [5.74, 6) is 0.0798. The largest absolute Gasteiger partial charge is 0.507 e. The Morgan fingerprint density at radius 2 is 1.95 bits per heavy atom. The van der Waals surface area contributed by atoms with E-state index >= 15 is 4.39 Å². The number of halogens is 2. The summed E-state index contributed by atoms with van der Waals surface area (Å²) >= 11 is 0. The summed E-state index contributed by atoms with van der Waals surface area (Å²) in [6.45, 7) is 2.00. The second-order valence-corrected chi connectivity index (χ2v) is 10.6. The SMILES string of the molecule is COc1ncc(-c2ccc(-c3ncc(N(C4CC4)[C@H]4C[C@@H]5CCC[C@@](C)(N5)[C@H]4F)nn3)c(O)c2)cc1F. The van der Waals surface area contributed by atoms with E-state index in [0.29, 0.717) is 28.6 Å². The smallest absolute Gasteiger partial charge is 0.250 e. The molecule has 1 aromatic carbocycles. The highest BCUT2D eigenvalue weighted by molar-refractivity contribution is 5.72. The molecule has 3 aliphatic rings. The van der Waals surface area contributed by atoms with Crippen LogP contribution in [0, 0.1) is 5.82 Å². The van der Waals surface area contributed by atoms with E-state index in [1.54, 1.807) is 18.3 Å². The molecule has 1 aliphatic carbocycles. The van der Waals surface area contributed by atoms with Crippen LogP contribution in [-0.2, 0) is 0 Å². The van der Waals surface area contributed by atoms with E-state index in [1.807, 2.05) is 6.92 Å². The van der Waals surface area contributed by atoms with Gasteiger partial charge in [0.25, 0.3) is 0 Å². The fourth-order valence-electron chi connectivity index (χ4n) is 5.94. The summed E-state index contributed by atoms with van der Waals surface area (Å²) in [6, 6.07) is 6.49. The molecule has 37 heavy (non-hydrogen) atoms. The van der Waals surface area contributed by atoms with E-state index in [4.69, 9.17) is 4.74 Å². The average Bonchev–Trinajstić information content (AvgIpc) is 3.73. The van der Waals surface area contributed by atoms with Gasteiger partial charge in [-0.15, -0.1) is 10.2 Å². The van der Waals surface area contributed by atoms with Crippen LogP contribution in [0.4, 0.5) is 14.6 Å². The summed E-state index contributed by atoms with van der Waals surface area (Å²) in [5, 5.41) is 23.0. The van der Waals surface area contributed by atoms with Crippen molar-refractivity contribution in [3.8, 4) is 34.1 Å². The number of phenolic OH excluding ortho intramolecular Hbond substituents is 1. The third-order valence-corrected chi connectivity index (χ3v) is 7.94. The minimum atomic E-state index is -1.01. The lowest BCUT2D eigenvalue weighted by atomic mass is 9.73. The number of aromatic nitrogens is 4. The van der Waals surface area contributed by atoms with E-state index in [9.17, 15) is 9.50 Å². The zero-order valence-corrected chi connectivity index (χ0v) is 20.9. The number of rotatable bonds is 6. The molecule has 0 amide bonds. The number of benzene rings is 1. The molecule has 4 heterocycles. The Morgan fingerprint density at radius 1 is 1.11 bits per heavy atom. The number of pyridine rings is 1. The van der Waals surface area contributed by atoms with Gasteiger partial charge in [-0.05, 0) is 69.2 Å². The quantitative estimate of drug-likeness (QED) is 0.505. The van der Waals surface area contributed by atoms with Crippen molar-refractivity contribution in [3.63, 3.8) is 0 Å². The second-order valence-electron chi connectivity index (χ2n) is 10.6. The van der Waals surface area contributed by atoms with E-state index < -0.39 is 17.5 Å². The number of piperidine rings is 2. The molecule has 0 spiro atoms. The Morgan fingerprint density at radius 3 is 2.62 bits per heavy atom. The maximum atomic E-state index is 15.8. The van der Waals surface area contributed by atoms with Crippen molar-refractivity contribution in [2.24, 2.45) is 0 Å². The lowest BCUT2D eigenvalue weighted by Gasteiger charge is -2.52. The number of fused-ring (bicyclic) bond motifs is 2. The van der Waals surface area contributed by atoms with E-state index in [0.717, 1.165) is 38.5 Å². The molecule has 3 aromatic rings. The van der Waals surface area contributed by atoms with Gasteiger partial charge in [0.15, 0.2) is 17.5 Å².